The fraction of sp³-hybridized carbons (Fsp3) is 0.235. The molecule has 0 saturated heterocycles. The Hall–Kier alpha value is -2.33. The van der Waals surface area contributed by atoms with Gasteiger partial charge in [0.05, 0.1) is 12.7 Å². The molecule has 0 heterocycles. The van der Waals surface area contributed by atoms with Crippen molar-refractivity contribution in [1.82, 2.24) is 5.32 Å². The molecule has 2 rings (SSSR count). The van der Waals surface area contributed by atoms with Crippen LogP contribution < -0.4 is 5.32 Å². The minimum Gasteiger partial charge on any atom is -0.508 e. The number of nitrogens with one attached hydrogen (secondary N) is 1. The van der Waals surface area contributed by atoms with Crippen molar-refractivity contribution in [2.75, 3.05) is 13.7 Å². The third-order valence-electron chi connectivity index (χ3n) is 3.26. The van der Waals surface area contributed by atoms with Crippen LogP contribution in [0.25, 0.3) is 0 Å². The van der Waals surface area contributed by atoms with Gasteiger partial charge in [0.15, 0.2) is 0 Å². The third kappa shape index (κ3) is 4.33. The highest BCUT2D eigenvalue weighted by molar-refractivity contribution is 5.90. The van der Waals surface area contributed by atoms with Crippen molar-refractivity contribution in [3.05, 3.63) is 65.2 Å². The van der Waals surface area contributed by atoms with Crippen molar-refractivity contribution in [2.45, 2.75) is 13.0 Å². The van der Waals surface area contributed by atoms with Gasteiger partial charge < -0.3 is 15.2 Å². The van der Waals surface area contributed by atoms with E-state index in [4.69, 9.17) is 4.74 Å². The first-order chi connectivity index (χ1) is 10.2. The molecule has 0 spiro atoms. The van der Waals surface area contributed by atoms with Gasteiger partial charge in [-0.2, -0.15) is 0 Å². The maximum absolute atomic E-state index is 11.6. The monoisotopic (exact) mass is 285 g/mol. The van der Waals surface area contributed by atoms with E-state index in [2.05, 4.69) is 5.32 Å². The second-order valence-corrected chi connectivity index (χ2v) is 4.74. The van der Waals surface area contributed by atoms with Crippen molar-refractivity contribution < 1.29 is 14.6 Å². The quantitative estimate of drug-likeness (QED) is 0.632. The molecule has 0 aliphatic rings. The summed E-state index contributed by atoms with van der Waals surface area (Å²) in [5, 5.41) is 12.5. The van der Waals surface area contributed by atoms with E-state index >= 15 is 0 Å². The zero-order valence-electron chi connectivity index (χ0n) is 12.0. The Balaban J connectivity index is 1.86. The van der Waals surface area contributed by atoms with Crippen molar-refractivity contribution in [3.8, 4) is 5.75 Å². The first-order valence-corrected chi connectivity index (χ1v) is 6.85. The van der Waals surface area contributed by atoms with Crippen molar-refractivity contribution >= 4 is 5.97 Å². The summed E-state index contributed by atoms with van der Waals surface area (Å²) in [4.78, 5) is 11.6. The van der Waals surface area contributed by atoms with Crippen LogP contribution in [-0.2, 0) is 17.7 Å². The molecule has 21 heavy (non-hydrogen) atoms. The first kappa shape index (κ1) is 15.1. The lowest BCUT2D eigenvalue weighted by Crippen LogP contribution is -2.19. The Labute approximate surface area is 124 Å². The minimum absolute atomic E-state index is 0.277. The number of aromatic hydroxyl groups is 1. The molecule has 0 radical (unpaired) electrons. The summed E-state index contributed by atoms with van der Waals surface area (Å²) in [6, 6.07) is 14.6. The molecule has 0 saturated carbocycles. The topological polar surface area (TPSA) is 58.6 Å². The molecule has 2 N–H and O–H groups in total. The lowest BCUT2D eigenvalue weighted by Gasteiger charge is -2.09. The number of carbonyl (C=O) groups is 1. The van der Waals surface area contributed by atoms with Crippen LogP contribution in [0.4, 0.5) is 0 Å². The Morgan fingerprint density at radius 2 is 1.86 bits per heavy atom. The average molecular weight is 285 g/mol. The fourth-order valence-corrected chi connectivity index (χ4v) is 2.10. The highest BCUT2D eigenvalue weighted by Crippen LogP contribution is 2.11. The van der Waals surface area contributed by atoms with E-state index in [-0.39, 0.29) is 11.7 Å². The smallest absolute Gasteiger partial charge is 0.338 e. The number of phenols is 1. The van der Waals surface area contributed by atoms with Crippen LogP contribution in [0.5, 0.6) is 5.75 Å². The zero-order valence-corrected chi connectivity index (χ0v) is 12.0. The molecular formula is C17H19NO3. The van der Waals surface area contributed by atoms with E-state index < -0.39 is 0 Å². The number of benzene rings is 2. The van der Waals surface area contributed by atoms with Gasteiger partial charge in [-0.3, -0.25) is 0 Å². The van der Waals surface area contributed by atoms with Crippen LogP contribution in [0, 0.1) is 0 Å². The molecule has 0 bridgehead atoms. The molecule has 0 amide bonds. The van der Waals surface area contributed by atoms with Gasteiger partial charge in [0.1, 0.15) is 5.75 Å². The standard InChI is InChI=1S/C17H19NO3/c1-21-17(20)16-5-3-2-4-14(16)12-18-11-10-13-6-8-15(19)9-7-13/h2-9,18-19H,10-12H2,1H3. The maximum Gasteiger partial charge on any atom is 0.338 e. The van der Waals surface area contributed by atoms with E-state index in [1.165, 1.54) is 7.11 Å². The fourth-order valence-electron chi connectivity index (χ4n) is 2.10. The number of rotatable bonds is 6. The number of hydrogen-bond acceptors (Lipinski definition) is 4. The molecule has 2 aromatic carbocycles. The average Bonchev–Trinajstić information content (AvgIpc) is 2.53. The van der Waals surface area contributed by atoms with Crippen LogP contribution in [0.15, 0.2) is 48.5 Å². The van der Waals surface area contributed by atoms with Crippen molar-refractivity contribution in [1.29, 1.82) is 0 Å². The predicted octanol–water partition coefficient (Wildman–Crippen LogP) is 2.51. The molecule has 4 heteroatoms. The van der Waals surface area contributed by atoms with Crippen molar-refractivity contribution in [2.24, 2.45) is 0 Å². The lowest BCUT2D eigenvalue weighted by molar-refractivity contribution is 0.0599. The molecule has 0 aliphatic heterocycles. The number of carbonyl (C=O) groups excluding carboxylic acids is 1. The molecule has 110 valence electrons. The molecule has 0 fully saturated rings. The van der Waals surface area contributed by atoms with Gasteiger partial charge in [-0.05, 0) is 42.3 Å². The summed E-state index contributed by atoms with van der Waals surface area (Å²) in [5.74, 6) is -0.0374. The van der Waals surface area contributed by atoms with Crippen LogP contribution >= 0.6 is 0 Å². The Morgan fingerprint density at radius 3 is 2.57 bits per heavy atom. The molecule has 2 aromatic rings. The summed E-state index contributed by atoms with van der Waals surface area (Å²) < 4.78 is 4.77. The highest BCUT2D eigenvalue weighted by atomic mass is 16.5. The summed E-state index contributed by atoms with van der Waals surface area (Å²) in [5.41, 5.74) is 2.67. The molecule has 0 atom stereocenters. The maximum atomic E-state index is 11.6. The highest BCUT2D eigenvalue weighted by Gasteiger charge is 2.09. The third-order valence-corrected chi connectivity index (χ3v) is 3.26. The SMILES string of the molecule is COC(=O)c1ccccc1CNCCc1ccc(O)cc1. The number of hydrogen-bond donors (Lipinski definition) is 2. The minimum atomic E-state index is -0.314. The van der Waals surface area contributed by atoms with E-state index in [9.17, 15) is 9.90 Å². The summed E-state index contributed by atoms with van der Waals surface area (Å²) >= 11 is 0. The molecule has 0 aliphatic carbocycles. The molecule has 4 nitrogen and oxygen atoms in total. The predicted molar refractivity (Wildman–Crippen MR) is 81.3 cm³/mol. The molecular weight excluding hydrogens is 266 g/mol. The Kier molecular flexibility index (Phi) is 5.35. The van der Waals surface area contributed by atoms with Crippen LogP contribution in [0.1, 0.15) is 21.5 Å². The van der Waals surface area contributed by atoms with Crippen LogP contribution in [-0.4, -0.2) is 24.7 Å². The normalized spacial score (nSPS) is 10.3. The second-order valence-electron chi connectivity index (χ2n) is 4.74. The van der Waals surface area contributed by atoms with E-state index in [0.29, 0.717) is 12.1 Å². The summed E-state index contributed by atoms with van der Waals surface area (Å²) in [7, 11) is 1.39. The first-order valence-electron chi connectivity index (χ1n) is 6.85. The summed E-state index contributed by atoms with van der Waals surface area (Å²) in [6.45, 7) is 1.41. The molecule has 0 unspecified atom stereocenters. The zero-order chi connectivity index (χ0) is 15.1. The number of methoxy groups -OCH3 is 1. The van der Waals surface area contributed by atoms with E-state index in [1.807, 2.05) is 30.3 Å². The van der Waals surface area contributed by atoms with E-state index in [0.717, 1.165) is 24.1 Å². The van der Waals surface area contributed by atoms with Gasteiger partial charge in [0.2, 0.25) is 0 Å². The van der Waals surface area contributed by atoms with Gasteiger partial charge in [0, 0.05) is 6.54 Å². The Morgan fingerprint density at radius 1 is 1.14 bits per heavy atom. The van der Waals surface area contributed by atoms with Gasteiger partial charge in [-0.1, -0.05) is 30.3 Å². The second kappa shape index (κ2) is 7.45. The van der Waals surface area contributed by atoms with E-state index in [1.54, 1.807) is 18.2 Å². The number of esters is 1. The van der Waals surface area contributed by atoms with Gasteiger partial charge >= 0.3 is 5.97 Å². The Bertz CT molecular complexity index is 593. The lowest BCUT2D eigenvalue weighted by atomic mass is 10.1. The number of phenolic OH excluding ortho intramolecular Hbond substituents is 1. The van der Waals surface area contributed by atoms with Crippen LogP contribution in [0.3, 0.4) is 0 Å². The van der Waals surface area contributed by atoms with Crippen molar-refractivity contribution in [3.63, 3.8) is 0 Å². The largest absolute Gasteiger partial charge is 0.508 e. The van der Waals surface area contributed by atoms with Gasteiger partial charge in [0.25, 0.3) is 0 Å². The van der Waals surface area contributed by atoms with Crippen LogP contribution in [0.2, 0.25) is 0 Å². The van der Waals surface area contributed by atoms with Gasteiger partial charge in [-0.15, -0.1) is 0 Å². The molecule has 0 aromatic heterocycles. The summed E-state index contributed by atoms with van der Waals surface area (Å²) in [6.07, 6.45) is 0.862. The number of ether oxygens (including phenoxy) is 1. The van der Waals surface area contributed by atoms with Gasteiger partial charge in [-0.25, -0.2) is 4.79 Å².